The molecule has 2 heteroatoms. The van der Waals surface area contributed by atoms with Gasteiger partial charge in [0.25, 0.3) is 0 Å². The largest absolute Gasteiger partial charge is 0.217 e. The second-order valence-electron chi connectivity index (χ2n) is 8.05. The maximum absolute atomic E-state index is 9.84. The van der Waals surface area contributed by atoms with E-state index in [9.17, 15) is 5.21 Å². The van der Waals surface area contributed by atoms with E-state index in [1.807, 2.05) is 14.1 Å². The van der Waals surface area contributed by atoms with Crippen LogP contribution in [0.1, 0.15) is 110 Å². The van der Waals surface area contributed by atoms with E-state index in [4.69, 9.17) is 0 Å². The molecule has 0 heterocycles. The summed E-state index contributed by atoms with van der Waals surface area (Å²) in [6.07, 6.45) is 24.9. The predicted molar refractivity (Wildman–Crippen MR) is 107 cm³/mol. The Morgan fingerprint density at radius 3 is 1.58 bits per heavy atom. The fourth-order valence-corrected chi connectivity index (χ4v) is 3.00. The first-order valence-electron chi connectivity index (χ1n) is 10.7. The van der Waals surface area contributed by atoms with Crippen LogP contribution in [0.25, 0.3) is 0 Å². The average Bonchev–Trinajstić information content (AvgIpc) is 2.53. The first-order valence-corrected chi connectivity index (χ1v) is 10.7. The molecule has 0 fully saturated rings. The molecule has 0 saturated carbocycles. The number of hydrogen-bond acceptors (Lipinski definition) is 1. The number of rotatable bonds is 17. The van der Waals surface area contributed by atoms with Gasteiger partial charge < -0.3 is 0 Å². The van der Waals surface area contributed by atoms with Crippen molar-refractivity contribution in [2.45, 2.75) is 116 Å². The van der Waals surface area contributed by atoms with E-state index >= 15 is 0 Å². The Balaban J connectivity index is 3.21. The van der Waals surface area contributed by atoms with Crippen LogP contribution in [0.15, 0.2) is 12.2 Å². The molecule has 0 amide bonds. The SMILES string of the molecule is CCCCCCCC/C=C\CCCCCCCCC(C)[N+](C)(C)O. The molecule has 1 N–H and O–H groups in total. The van der Waals surface area contributed by atoms with Crippen molar-refractivity contribution in [1.29, 1.82) is 0 Å². The molecule has 144 valence electrons. The highest BCUT2D eigenvalue weighted by atomic mass is 16.5. The van der Waals surface area contributed by atoms with Crippen molar-refractivity contribution in [1.82, 2.24) is 0 Å². The maximum Gasteiger partial charge on any atom is 0.116 e. The van der Waals surface area contributed by atoms with E-state index in [2.05, 4.69) is 26.0 Å². The summed E-state index contributed by atoms with van der Waals surface area (Å²) in [4.78, 5) is 0. The van der Waals surface area contributed by atoms with E-state index in [1.54, 1.807) is 0 Å². The summed E-state index contributed by atoms with van der Waals surface area (Å²) < 4.78 is 0.102. The van der Waals surface area contributed by atoms with Gasteiger partial charge in [0, 0.05) is 6.42 Å². The van der Waals surface area contributed by atoms with E-state index < -0.39 is 0 Å². The minimum Gasteiger partial charge on any atom is -0.217 e. The lowest BCUT2D eigenvalue weighted by molar-refractivity contribution is -1.09. The lowest BCUT2D eigenvalue weighted by Gasteiger charge is -2.27. The van der Waals surface area contributed by atoms with Gasteiger partial charge in [-0.3, -0.25) is 0 Å². The monoisotopic (exact) mass is 340 g/mol. The molecular formula is C22H46NO+. The van der Waals surface area contributed by atoms with Crippen LogP contribution in [0, 0.1) is 0 Å². The van der Waals surface area contributed by atoms with Crippen LogP contribution in [0.3, 0.4) is 0 Å². The van der Waals surface area contributed by atoms with Crippen LogP contribution in [-0.2, 0) is 0 Å². The Bertz CT molecular complexity index is 280. The first-order chi connectivity index (χ1) is 11.5. The summed E-state index contributed by atoms with van der Waals surface area (Å²) in [6.45, 7) is 4.41. The molecule has 0 radical (unpaired) electrons. The Morgan fingerprint density at radius 1 is 0.708 bits per heavy atom. The number of hydrogen-bond donors (Lipinski definition) is 1. The molecule has 0 aliphatic heterocycles. The number of hydroxylamine groups is 3. The van der Waals surface area contributed by atoms with Gasteiger partial charge in [-0.15, -0.1) is 0 Å². The summed E-state index contributed by atoms with van der Waals surface area (Å²) in [5, 5.41) is 9.84. The average molecular weight is 341 g/mol. The Morgan fingerprint density at radius 2 is 1.12 bits per heavy atom. The van der Waals surface area contributed by atoms with Crippen molar-refractivity contribution in [2.75, 3.05) is 14.1 Å². The molecule has 0 bridgehead atoms. The highest BCUT2D eigenvalue weighted by Crippen LogP contribution is 2.14. The molecule has 0 aromatic heterocycles. The van der Waals surface area contributed by atoms with Crippen molar-refractivity contribution < 1.29 is 9.85 Å². The molecule has 0 spiro atoms. The molecule has 0 aliphatic carbocycles. The van der Waals surface area contributed by atoms with Gasteiger partial charge in [0.1, 0.15) is 6.04 Å². The van der Waals surface area contributed by atoms with Gasteiger partial charge in [0.15, 0.2) is 0 Å². The van der Waals surface area contributed by atoms with Gasteiger partial charge in [-0.05, 0) is 39.0 Å². The minimum atomic E-state index is 0.102. The Kier molecular flexibility index (Phi) is 15.9. The summed E-state index contributed by atoms with van der Waals surface area (Å²) in [5.41, 5.74) is 0. The molecule has 1 unspecified atom stereocenters. The zero-order chi connectivity index (χ0) is 18.1. The van der Waals surface area contributed by atoms with Crippen molar-refractivity contribution in [3.05, 3.63) is 12.2 Å². The van der Waals surface area contributed by atoms with Crippen LogP contribution in [-0.4, -0.2) is 30.0 Å². The molecule has 0 aromatic carbocycles. The molecular weight excluding hydrogens is 294 g/mol. The minimum absolute atomic E-state index is 0.102. The number of quaternary nitrogens is 1. The maximum atomic E-state index is 9.84. The zero-order valence-corrected chi connectivity index (χ0v) is 17.2. The van der Waals surface area contributed by atoms with Crippen molar-refractivity contribution in [3.63, 3.8) is 0 Å². The topological polar surface area (TPSA) is 20.2 Å². The van der Waals surface area contributed by atoms with Crippen molar-refractivity contribution in [2.24, 2.45) is 0 Å². The second kappa shape index (κ2) is 16.1. The van der Waals surface area contributed by atoms with Crippen LogP contribution in [0.5, 0.6) is 0 Å². The lowest BCUT2D eigenvalue weighted by Crippen LogP contribution is -2.43. The molecule has 0 aliphatic rings. The van der Waals surface area contributed by atoms with Crippen LogP contribution >= 0.6 is 0 Å². The molecule has 24 heavy (non-hydrogen) atoms. The third-order valence-corrected chi connectivity index (χ3v) is 5.21. The number of nitrogens with zero attached hydrogens (tertiary/aromatic N) is 1. The van der Waals surface area contributed by atoms with E-state index in [0.29, 0.717) is 6.04 Å². The van der Waals surface area contributed by atoms with Gasteiger partial charge in [-0.1, -0.05) is 76.9 Å². The van der Waals surface area contributed by atoms with E-state index in [0.717, 1.165) is 6.42 Å². The fraction of sp³-hybridized carbons (Fsp3) is 0.909. The highest BCUT2D eigenvalue weighted by molar-refractivity contribution is 4.81. The van der Waals surface area contributed by atoms with Gasteiger partial charge >= 0.3 is 0 Å². The summed E-state index contributed by atoms with van der Waals surface area (Å²) in [5.74, 6) is 0. The smallest absolute Gasteiger partial charge is 0.116 e. The number of unbranched alkanes of at least 4 members (excludes halogenated alkanes) is 12. The molecule has 2 nitrogen and oxygen atoms in total. The quantitative estimate of drug-likeness (QED) is 0.128. The van der Waals surface area contributed by atoms with Crippen LogP contribution in [0.2, 0.25) is 0 Å². The van der Waals surface area contributed by atoms with Gasteiger partial charge in [-0.25, -0.2) is 5.21 Å². The summed E-state index contributed by atoms with van der Waals surface area (Å²) >= 11 is 0. The van der Waals surface area contributed by atoms with E-state index in [1.165, 1.54) is 89.9 Å². The van der Waals surface area contributed by atoms with Crippen LogP contribution < -0.4 is 0 Å². The van der Waals surface area contributed by atoms with Gasteiger partial charge in [0.2, 0.25) is 0 Å². The normalized spacial score (nSPS) is 13.7. The second-order valence-corrected chi connectivity index (χ2v) is 8.05. The Hall–Kier alpha value is -0.340. The molecule has 0 aromatic rings. The summed E-state index contributed by atoms with van der Waals surface area (Å²) in [7, 11) is 3.73. The third-order valence-electron chi connectivity index (χ3n) is 5.21. The fourth-order valence-electron chi connectivity index (χ4n) is 3.00. The molecule has 1 atom stereocenters. The molecule has 0 rings (SSSR count). The van der Waals surface area contributed by atoms with Gasteiger partial charge in [0.05, 0.1) is 14.1 Å². The highest BCUT2D eigenvalue weighted by Gasteiger charge is 2.20. The Labute approximate surface area is 152 Å². The van der Waals surface area contributed by atoms with Crippen molar-refractivity contribution in [3.8, 4) is 0 Å². The summed E-state index contributed by atoms with van der Waals surface area (Å²) in [6, 6.07) is 0.349. The van der Waals surface area contributed by atoms with E-state index in [-0.39, 0.29) is 4.65 Å². The molecule has 0 saturated heterocycles. The zero-order valence-electron chi connectivity index (χ0n) is 17.2. The standard InChI is InChI=1S/C22H46NO/c1-5-6-7-8-9-10-11-12-13-14-15-16-17-18-19-20-21-22(2)23(3,4)24/h12-13,22,24H,5-11,14-21H2,1-4H3/q+1/b13-12-. The first kappa shape index (κ1) is 23.7. The van der Waals surface area contributed by atoms with Crippen molar-refractivity contribution >= 4 is 0 Å². The lowest BCUT2D eigenvalue weighted by atomic mass is 10.0. The third kappa shape index (κ3) is 16.5. The van der Waals surface area contributed by atoms with Crippen LogP contribution in [0.4, 0.5) is 0 Å². The number of allylic oxidation sites excluding steroid dienone is 2. The van der Waals surface area contributed by atoms with Gasteiger partial charge in [-0.2, -0.15) is 4.65 Å². The predicted octanol–water partition coefficient (Wildman–Crippen LogP) is 7.27.